The standard InChI is InChI=1S/C11H17N/c1-8(2)11-6-9(3)12(5)10(4)7-11/h6-8H,3H2,1-2,4-5H3. The van der Waals surface area contributed by atoms with Gasteiger partial charge in [0.15, 0.2) is 0 Å². The molecule has 1 aliphatic rings. The van der Waals surface area contributed by atoms with E-state index in [1.54, 1.807) is 0 Å². The van der Waals surface area contributed by atoms with Crippen molar-refractivity contribution >= 4 is 0 Å². The number of hydrogen-bond donors (Lipinski definition) is 0. The molecule has 0 saturated heterocycles. The van der Waals surface area contributed by atoms with Crippen LogP contribution in [0, 0.1) is 5.92 Å². The van der Waals surface area contributed by atoms with Gasteiger partial charge in [0.2, 0.25) is 0 Å². The van der Waals surface area contributed by atoms with Crippen molar-refractivity contribution in [3.8, 4) is 0 Å². The molecule has 1 aliphatic heterocycles. The SMILES string of the molecule is C=C1C=C(C(C)C)C=C(C)N1C. The predicted octanol–water partition coefficient (Wildman–Crippen LogP) is 2.93. The Morgan fingerprint density at radius 3 is 2.33 bits per heavy atom. The van der Waals surface area contributed by atoms with Gasteiger partial charge < -0.3 is 4.90 Å². The fourth-order valence-corrected chi connectivity index (χ4v) is 1.23. The molecule has 0 aromatic carbocycles. The molecule has 0 atom stereocenters. The lowest BCUT2D eigenvalue weighted by molar-refractivity contribution is 0.527. The molecule has 0 radical (unpaired) electrons. The van der Waals surface area contributed by atoms with Crippen LogP contribution in [0.4, 0.5) is 0 Å². The van der Waals surface area contributed by atoms with Crippen molar-refractivity contribution in [3.63, 3.8) is 0 Å². The number of hydrogen-bond acceptors (Lipinski definition) is 1. The van der Waals surface area contributed by atoms with Crippen LogP contribution in [-0.4, -0.2) is 11.9 Å². The van der Waals surface area contributed by atoms with E-state index >= 15 is 0 Å². The molecule has 0 bridgehead atoms. The summed E-state index contributed by atoms with van der Waals surface area (Å²) in [4.78, 5) is 2.10. The first kappa shape index (κ1) is 9.11. The Bertz CT molecular complexity index is 256. The number of likely N-dealkylation sites (N-methyl/N-ethyl adjacent to an activating group) is 1. The molecule has 0 saturated carbocycles. The van der Waals surface area contributed by atoms with Crippen molar-refractivity contribution in [2.24, 2.45) is 5.92 Å². The highest BCUT2D eigenvalue weighted by molar-refractivity contribution is 5.37. The molecular weight excluding hydrogens is 146 g/mol. The second-order valence-corrected chi connectivity index (χ2v) is 3.64. The van der Waals surface area contributed by atoms with E-state index in [0.29, 0.717) is 5.92 Å². The van der Waals surface area contributed by atoms with Crippen LogP contribution in [0.3, 0.4) is 0 Å². The molecule has 1 rings (SSSR count). The minimum absolute atomic E-state index is 0.588. The predicted molar refractivity (Wildman–Crippen MR) is 53.6 cm³/mol. The summed E-state index contributed by atoms with van der Waals surface area (Å²) in [5, 5.41) is 0. The van der Waals surface area contributed by atoms with Crippen LogP contribution < -0.4 is 0 Å². The third-order valence-electron chi connectivity index (χ3n) is 2.34. The Morgan fingerprint density at radius 2 is 1.92 bits per heavy atom. The highest BCUT2D eigenvalue weighted by atomic mass is 15.1. The van der Waals surface area contributed by atoms with Crippen LogP contribution in [0.5, 0.6) is 0 Å². The average Bonchev–Trinajstić information content (AvgIpc) is 1.99. The maximum absolute atomic E-state index is 3.99. The summed E-state index contributed by atoms with van der Waals surface area (Å²) < 4.78 is 0. The number of nitrogens with zero attached hydrogens (tertiary/aromatic N) is 1. The van der Waals surface area contributed by atoms with E-state index in [4.69, 9.17) is 0 Å². The van der Waals surface area contributed by atoms with Gasteiger partial charge in [-0.2, -0.15) is 0 Å². The van der Waals surface area contributed by atoms with Crippen LogP contribution in [0.15, 0.2) is 35.7 Å². The van der Waals surface area contributed by atoms with Gasteiger partial charge in [-0.05, 0) is 30.6 Å². The topological polar surface area (TPSA) is 3.24 Å². The van der Waals surface area contributed by atoms with E-state index in [0.717, 1.165) is 5.70 Å². The van der Waals surface area contributed by atoms with Crippen molar-refractivity contribution in [1.82, 2.24) is 4.90 Å². The lowest BCUT2D eigenvalue weighted by Crippen LogP contribution is -2.17. The van der Waals surface area contributed by atoms with Gasteiger partial charge in [-0.1, -0.05) is 20.4 Å². The zero-order valence-electron chi connectivity index (χ0n) is 8.39. The fraction of sp³-hybridized carbons (Fsp3) is 0.455. The Balaban J connectivity index is 2.95. The Labute approximate surface area is 75.1 Å². The monoisotopic (exact) mass is 163 g/mol. The van der Waals surface area contributed by atoms with Crippen molar-refractivity contribution in [1.29, 1.82) is 0 Å². The summed E-state index contributed by atoms with van der Waals surface area (Å²) in [6.07, 6.45) is 4.37. The van der Waals surface area contributed by atoms with E-state index in [1.165, 1.54) is 11.3 Å². The summed E-state index contributed by atoms with van der Waals surface area (Å²) in [5.74, 6) is 0.588. The van der Waals surface area contributed by atoms with Gasteiger partial charge in [0.25, 0.3) is 0 Å². The summed E-state index contributed by atoms with van der Waals surface area (Å²) in [6, 6.07) is 0. The van der Waals surface area contributed by atoms with Gasteiger partial charge in [-0.3, -0.25) is 0 Å². The number of allylic oxidation sites excluding steroid dienone is 4. The molecule has 66 valence electrons. The second-order valence-electron chi connectivity index (χ2n) is 3.64. The minimum atomic E-state index is 0.588. The minimum Gasteiger partial charge on any atom is -0.349 e. The van der Waals surface area contributed by atoms with Gasteiger partial charge in [-0.15, -0.1) is 0 Å². The molecule has 0 unspecified atom stereocenters. The van der Waals surface area contributed by atoms with Crippen molar-refractivity contribution in [2.75, 3.05) is 7.05 Å². The molecular formula is C11H17N. The maximum Gasteiger partial charge on any atom is 0.0335 e. The normalized spacial score (nSPS) is 18.1. The smallest absolute Gasteiger partial charge is 0.0335 e. The third-order valence-corrected chi connectivity index (χ3v) is 2.34. The highest BCUT2D eigenvalue weighted by Crippen LogP contribution is 2.24. The average molecular weight is 163 g/mol. The van der Waals surface area contributed by atoms with Gasteiger partial charge >= 0.3 is 0 Å². The molecule has 1 heteroatoms. The van der Waals surface area contributed by atoms with Gasteiger partial charge in [0.05, 0.1) is 0 Å². The largest absolute Gasteiger partial charge is 0.349 e. The molecule has 0 aliphatic carbocycles. The van der Waals surface area contributed by atoms with E-state index in [-0.39, 0.29) is 0 Å². The molecule has 1 nitrogen and oxygen atoms in total. The quantitative estimate of drug-likeness (QED) is 0.574. The van der Waals surface area contributed by atoms with Crippen LogP contribution in [0.2, 0.25) is 0 Å². The molecule has 1 heterocycles. The molecule has 0 spiro atoms. The Kier molecular flexibility index (Phi) is 2.41. The first-order chi connectivity index (χ1) is 5.52. The molecule has 12 heavy (non-hydrogen) atoms. The van der Waals surface area contributed by atoms with Crippen LogP contribution in [0.25, 0.3) is 0 Å². The molecule has 0 N–H and O–H groups in total. The molecule has 0 fully saturated rings. The van der Waals surface area contributed by atoms with Crippen LogP contribution >= 0.6 is 0 Å². The van der Waals surface area contributed by atoms with E-state index < -0.39 is 0 Å². The molecule has 0 aromatic rings. The first-order valence-corrected chi connectivity index (χ1v) is 4.35. The van der Waals surface area contributed by atoms with Gasteiger partial charge in [-0.25, -0.2) is 0 Å². The van der Waals surface area contributed by atoms with Gasteiger partial charge in [0.1, 0.15) is 0 Å². The zero-order chi connectivity index (χ0) is 9.30. The van der Waals surface area contributed by atoms with Crippen molar-refractivity contribution in [2.45, 2.75) is 20.8 Å². The second kappa shape index (κ2) is 3.18. The van der Waals surface area contributed by atoms with Gasteiger partial charge in [0, 0.05) is 18.4 Å². The summed E-state index contributed by atoms with van der Waals surface area (Å²) in [6.45, 7) is 10.5. The van der Waals surface area contributed by atoms with Crippen molar-refractivity contribution in [3.05, 3.63) is 35.7 Å². The third kappa shape index (κ3) is 1.60. The highest BCUT2D eigenvalue weighted by Gasteiger charge is 2.11. The van der Waals surface area contributed by atoms with Crippen LogP contribution in [0.1, 0.15) is 20.8 Å². The summed E-state index contributed by atoms with van der Waals surface area (Å²) in [5.41, 5.74) is 3.72. The van der Waals surface area contributed by atoms with E-state index in [1.807, 2.05) is 7.05 Å². The Morgan fingerprint density at radius 1 is 1.33 bits per heavy atom. The maximum atomic E-state index is 3.99. The first-order valence-electron chi connectivity index (χ1n) is 4.35. The van der Waals surface area contributed by atoms with E-state index in [2.05, 4.69) is 44.4 Å². The lowest BCUT2D eigenvalue weighted by atomic mass is 9.98. The number of rotatable bonds is 1. The van der Waals surface area contributed by atoms with Crippen molar-refractivity contribution < 1.29 is 0 Å². The van der Waals surface area contributed by atoms with E-state index in [9.17, 15) is 0 Å². The summed E-state index contributed by atoms with van der Waals surface area (Å²) >= 11 is 0. The molecule has 0 amide bonds. The Hall–Kier alpha value is -0.980. The van der Waals surface area contributed by atoms with Crippen LogP contribution in [-0.2, 0) is 0 Å². The fourth-order valence-electron chi connectivity index (χ4n) is 1.23. The molecule has 0 aromatic heterocycles. The lowest BCUT2D eigenvalue weighted by Gasteiger charge is -2.26. The zero-order valence-corrected chi connectivity index (χ0v) is 8.39. The summed E-state index contributed by atoms with van der Waals surface area (Å²) in [7, 11) is 2.04.